The van der Waals surface area contributed by atoms with Crippen LogP contribution < -0.4 is 10.5 Å². The van der Waals surface area contributed by atoms with Crippen LogP contribution in [-0.4, -0.2) is 37.7 Å². The molecule has 1 unspecified atom stereocenters. The molecule has 1 atom stereocenters. The van der Waals surface area contributed by atoms with Gasteiger partial charge in [-0.05, 0) is 66.3 Å². The van der Waals surface area contributed by atoms with Crippen LogP contribution in [0.2, 0.25) is 0 Å². The second-order valence-electron chi connectivity index (χ2n) is 7.42. The van der Waals surface area contributed by atoms with E-state index in [2.05, 4.69) is 93.8 Å². The summed E-state index contributed by atoms with van der Waals surface area (Å²) in [5, 5.41) is 0. The average molecular weight is 401 g/mol. The Morgan fingerprint density at radius 1 is 0.897 bits per heavy atom. The lowest BCUT2D eigenvalue weighted by Crippen LogP contribution is -2.38. The number of benzene rings is 2. The average Bonchev–Trinajstić information content (AvgIpc) is 2.74. The molecule has 2 N–H and O–H groups in total. The van der Waals surface area contributed by atoms with Gasteiger partial charge in [0.25, 0.3) is 0 Å². The van der Waals surface area contributed by atoms with E-state index in [4.69, 9.17) is 4.74 Å². The van der Waals surface area contributed by atoms with Crippen molar-refractivity contribution >= 4 is 0 Å². The maximum Gasteiger partial charge on any atom is 0.122 e. The number of aryl methyl sites for hydroxylation is 1. The minimum Gasteiger partial charge on any atom is -0.496 e. The quantitative estimate of drug-likeness (QED) is 0.569. The first-order valence-corrected chi connectivity index (χ1v) is 11.0. The van der Waals surface area contributed by atoms with E-state index < -0.39 is 0 Å². The van der Waals surface area contributed by atoms with E-state index >= 15 is 0 Å². The van der Waals surface area contributed by atoms with Crippen molar-refractivity contribution < 1.29 is 4.74 Å². The van der Waals surface area contributed by atoms with Crippen molar-refractivity contribution in [1.82, 2.24) is 4.90 Å². The van der Waals surface area contributed by atoms with Crippen molar-refractivity contribution in [3.05, 3.63) is 65.2 Å². The minimum absolute atomic E-state index is 0.344. The van der Waals surface area contributed by atoms with Gasteiger partial charge in [-0.15, -0.1) is 0 Å². The highest BCUT2D eigenvalue weighted by Gasteiger charge is 2.21. The van der Waals surface area contributed by atoms with Crippen LogP contribution in [-0.2, 0) is 0 Å². The van der Waals surface area contributed by atoms with Crippen LogP contribution in [0.1, 0.15) is 70.6 Å². The van der Waals surface area contributed by atoms with Gasteiger partial charge in [-0.1, -0.05) is 61.9 Å². The van der Waals surface area contributed by atoms with Crippen LogP contribution in [0, 0.1) is 6.92 Å². The summed E-state index contributed by atoms with van der Waals surface area (Å²) >= 11 is 0. The van der Waals surface area contributed by atoms with Crippen molar-refractivity contribution in [2.75, 3.05) is 20.7 Å². The lowest BCUT2D eigenvalue weighted by Gasteiger charge is -2.32. The largest absolute Gasteiger partial charge is 0.496 e. The summed E-state index contributed by atoms with van der Waals surface area (Å²) in [7, 11) is 3.27. The number of hydrogen-bond donors (Lipinski definition) is 1. The predicted molar refractivity (Wildman–Crippen MR) is 129 cm³/mol. The van der Waals surface area contributed by atoms with Gasteiger partial charge in [0.1, 0.15) is 5.75 Å². The van der Waals surface area contributed by atoms with Gasteiger partial charge in [0.05, 0.1) is 7.11 Å². The molecule has 0 aliphatic carbocycles. The fourth-order valence-electron chi connectivity index (χ4n) is 3.70. The zero-order valence-corrected chi connectivity index (χ0v) is 20.2. The Hall–Kier alpha value is -1.84. The third-order valence-corrected chi connectivity index (χ3v) is 4.97. The number of methoxy groups -OCH3 is 1. The molecule has 0 aromatic heterocycles. The maximum absolute atomic E-state index is 5.69. The molecular weight excluding hydrogens is 356 g/mol. The van der Waals surface area contributed by atoms with Crippen LogP contribution in [0.25, 0.3) is 0 Å². The Kier molecular flexibility index (Phi) is 14.1. The zero-order valence-electron chi connectivity index (χ0n) is 20.2. The molecule has 0 aliphatic heterocycles. The molecule has 3 nitrogen and oxygen atoms in total. The zero-order chi connectivity index (χ0) is 22.4. The highest BCUT2D eigenvalue weighted by atomic mass is 16.5. The van der Waals surface area contributed by atoms with Gasteiger partial charge in [-0.2, -0.15) is 0 Å². The van der Waals surface area contributed by atoms with Crippen LogP contribution >= 0.6 is 0 Å². The van der Waals surface area contributed by atoms with Crippen LogP contribution in [0.3, 0.4) is 0 Å². The van der Waals surface area contributed by atoms with Crippen molar-refractivity contribution in [2.24, 2.45) is 5.73 Å². The number of nitrogens with two attached hydrogens (primary N) is 1. The van der Waals surface area contributed by atoms with Gasteiger partial charge >= 0.3 is 0 Å². The molecule has 0 fully saturated rings. The summed E-state index contributed by atoms with van der Waals surface area (Å²) in [5.74, 6) is 1.33. The SMILES string of the molecule is CC.CN.COc1ccc(C)cc1C(CCN(C(C)C)C(C)C)c1ccccc1. The van der Waals surface area contributed by atoms with E-state index in [-0.39, 0.29) is 0 Å². The number of nitrogens with zero attached hydrogens (tertiary/aromatic N) is 1. The molecule has 29 heavy (non-hydrogen) atoms. The van der Waals surface area contributed by atoms with Crippen LogP contribution in [0.4, 0.5) is 0 Å². The molecule has 0 radical (unpaired) electrons. The van der Waals surface area contributed by atoms with Gasteiger partial charge in [0, 0.05) is 23.6 Å². The predicted octanol–water partition coefficient (Wildman–Crippen LogP) is 6.25. The first kappa shape index (κ1) is 27.2. The second-order valence-corrected chi connectivity index (χ2v) is 7.42. The summed E-state index contributed by atoms with van der Waals surface area (Å²) in [5.41, 5.74) is 8.43. The molecule has 0 saturated carbocycles. The van der Waals surface area contributed by atoms with Gasteiger partial charge in [-0.25, -0.2) is 0 Å². The highest BCUT2D eigenvalue weighted by molar-refractivity contribution is 5.44. The third-order valence-electron chi connectivity index (χ3n) is 4.97. The van der Waals surface area contributed by atoms with E-state index in [0.717, 1.165) is 18.7 Å². The Bertz CT molecular complexity index is 645. The van der Waals surface area contributed by atoms with Gasteiger partial charge in [0.2, 0.25) is 0 Å². The topological polar surface area (TPSA) is 38.5 Å². The summed E-state index contributed by atoms with van der Waals surface area (Å²) in [4.78, 5) is 2.57. The molecule has 3 heteroatoms. The number of ether oxygens (including phenoxy) is 1. The molecule has 0 spiro atoms. The van der Waals surface area contributed by atoms with Crippen molar-refractivity contribution in [3.63, 3.8) is 0 Å². The second kappa shape index (κ2) is 15.1. The van der Waals surface area contributed by atoms with E-state index in [9.17, 15) is 0 Å². The highest BCUT2D eigenvalue weighted by Crippen LogP contribution is 2.35. The molecular formula is C26H44N2O. The molecule has 0 bridgehead atoms. The van der Waals surface area contributed by atoms with Crippen LogP contribution in [0.15, 0.2) is 48.5 Å². The van der Waals surface area contributed by atoms with Gasteiger partial charge in [0.15, 0.2) is 0 Å². The van der Waals surface area contributed by atoms with Crippen LogP contribution in [0.5, 0.6) is 5.75 Å². The van der Waals surface area contributed by atoms with E-state index in [1.807, 2.05) is 13.8 Å². The first-order valence-electron chi connectivity index (χ1n) is 11.0. The summed E-state index contributed by atoms with van der Waals surface area (Å²) in [6.45, 7) is 16.4. The molecule has 0 amide bonds. The molecule has 0 heterocycles. The molecule has 0 saturated heterocycles. The Morgan fingerprint density at radius 2 is 1.45 bits per heavy atom. The normalized spacial score (nSPS) is 11.5. The summed E-state index contributed by atoms with van der Waals surface area (Å²) < 4.78 is 5.69. The Morgan fingerprint density at radius 3 is 1.93 bits per heavy atom. The number of hydrogen-bond acceptors (Lipinski definition) is 3. The van der Waals surface area contributed by atoms with Crippen molar-refractivity contribution in [3.8, 4) is 5.75 Å². The standard InChI is InChI=1S/C23H33NO.C2H6.CH5N/c1-17(2)24(18(3)4)15-14-21(20-10-8-7-9-11-20)22-16-19(5)12-13-23(22)25-6;2*1-2/h7-13,16-18,21H,14-15H2,1-6H3;1-2H3;2H2,1H3. The minimum atomic E-state index is 0.344. The van der Waals surface area contributed by atoms with Gasteiger partial charge < -0.3 is 10.5 Å². The van der Waals surface area contributed by atoms with Crippen molar-refractivity contribution in [2.45, 2.75) is 72.9 Å². The number of rotatable bonds is 8. The molecule has 2 rings (SSSR count). The monoisotopic (exact) mass is 400 g/mol. The smallest absolute Gasteiger partial charge is 0.122 e. The molecule has 2 aromatic rings. The molecule has 0 aliphatic rings. The fourth-order valence-corrected chi connectivity index (χ4v) is 3.70. The Balaban J connectivity index is 0.00000184. The van der Waals surface area contributed by atoms with E-state index in [1.165, 1.54) is 23.7 Å². The van der Waals surface area contributed by atoms with E-state index in [1.54, 1.807) is 7.11 Å². The van der Waals surface area contributed by atoms with Crippen molar-refractivity contribution in [1.29, 1.82) is 0 Å². The lowest BCUT2D eigenvalue weighted by molar-refractivity contribution is 0.170. The maximum atomic E-state index is 5.69. The Labute approximate surface area is 180 Å². The summed E-state index contributed by atoms with van der Waals surface area (Å²) in [6, 6.07) is 18.4. The first-order chi connectivity index (χ1) is 13.9. The lowest BCUT2D eigenvalue weighted by atomic mass is 9.86. The molecule has 164 valence electrons. The van der Waals surface area contributed by atoms with E-state index in [0.29, 0.717) is 18.0 Å². The summed E-state index contributed by atoms with van der Waals surface area (Å²) in [6.07, 6.45) is 1.08. The fraction of sp³-hybridized carbons (Fsp3) is 0.538. The third kappa shape index (κ3) is 8.59. The van der Waals surface area contributed by atoms with Gasteiger partial charge in [-0.3, -0.25) is 4.90 Å². The molecule has 2 aromatic carbocycles.